The number of fused-ring (bicyclic) bond motifs is 1. The van der Waals surface area contributed by atoms with Crippen molar-refractivity contribution in [2.75, 3.05) is 0 Å². The number of benzene rings is 1. The topological polar surface area (TPSA) is 102 Å². The lowest BCUT2D eigenvalue weighted by atomic mass is 9.79. The van der Waals surface area contributed by atoms with Gasteiger partial charge in [0.15, 0.2) is 0 Å². The molecule has 3 fully saturated rings. The predicted molar refractivity (Wildman–Crippen MR) is 126 cm³/mol. The van der Waals surface area contributed by atoms with Crippen molar-refractivity contribution in [1.82, 2.24) is 15.5 Å². The fraction of sp³-hybridized carbons (Fsp3) is 0.630. The third kappa shape index (κ3) is 4.74. The predicted octanol–water partition coefficient (Wildman–Crippen LogP) is 3.22. The van der Waals surface area contributed by atoms with E-state index >= 15 is 0 Å². The third-order valence-electron chi connectivity index (χ3n) is 8.35. The zero-order valence-electron chi connectivity index (χ0n) is 19.7. The van der Waals surface area contributed by atoms with Crippen LogP contribution in [0, 0.1) is 23.2 Å². The van der Waals surface area contributed by atoms with Crippen LogP contribution < -0.4 is 10.6 Å². The number of nitrogens with zero attached hydrogens (tertiary/aromatic N) is 2. The third-order valence-corrected chi connectivity index (χ3v) is 8.35. The molecule has 0 radical (unpaired) electrons. The van der Waals surface area contributed by atoms with Gasteiger partial charge in [0.2, 0.25) is 11.8 Å². The van der Waals surface area contributed by atoms with E-state index in [2.05, 4.69) is 28.8 Å². The lowest BCUT2D eigenvalue weighted by Gasteiger charge is -2.37. The molecule has 2 N–H and O–H groups in total. The van der Waals surface area contributed by atoms with Crippen molar-refractivity contribution in [3.63, 3.8) is 0 Å². The van der Waals surface area contributed by atoms with Gasteiger partial charge in [0, 0.05) is 36.5 Å². The zero-order chi connectivity index (χ0) is 23.7. The number of piperidine rings is 1. The fourth-order valence-corrected chi connectivity index (χ4v) is 6.42. The van der Waals surface area contributed by atoms with E-state index in [0.717, 1.165) is 37.7 Å². The monoisotopic (exact) mass is 462 g/mol. The molecule has 7 nitrogen and oxygen atoms in total. The molecule has 1 aromatic rings. The van der Waals surface area contributed by atoms with E-state index in [1.807, 2.05) is 6.07 Å². The summed E-state index contributed by atoms with van der Waals surface area (Å²) in [5.74, 6) is 0.0677. The number of nitrogens with one attached hydrogen (secondary N) is 2. The van der Waals surface area contributed by atoms with E-state index in [0.29, 0.717) is 36.5 Å². The first-order valence-corrected chi connectivity index (χ1v) is 12.9. The second kappa shape index (κ2) is 9.87. The van der Waals surface area contributed by atoms with Crippen molar-refractivity contribution in [2.45, 2.75) is 95.3 Å². The van der Waals surface area contributed by atoms with Crippen LogP contribution in [0.15, 0.2) is 18.2 Å². The second-order valence-corrected chi connectivity index (χ2v) is 10.6. The van der Waals surface area contributed by atoms with Gasteiger partial charge in [-0.15, -0.1) is 0 Å². The van der Waals surface area contributed by atoms with E-state index < -0.39 is 6.04 Å². The van der Waals surface area contributed by atoms with E-state index in [1.165, 1.54) is 31.2 Å². The Labute approximate surface area is 201 Å². The molecule has 0 spiro atoms. The summed E-state index contributed by atoms with van der Waals surface area (Å²) in [4.78, 5) is 38.4. The molecule has 0 bridgehead atoms. The van der Waals surface area contributed by atoms with Crippen LogP contribution >= 0.6 is 0 Å². The highest BCUT2D eigenvalue weighted by molar-refractivity contribution is 6.05. The van der Waals surface area contributed by atoms with Gasteiger partial charge in [-0.2, -0.15) is 5.26 Å². The molecule has 180 valence electrons. The Morgan fingerprint density at radius 3 is 2.59 bits per heavy atom. The van der Waals surface area contributed by atoms with Crippen LogP contribution in [0.1, 0.15) is 85.7 Å². The number of nitriles is 1. The molecule has 3 amide bonds. The molecule has 3 atom stereocenters. The maximum atomic E-state index is 13.0. The van der Waals surface area contributed by atoms with E-state index in [-0.39, 0.29) is 30.1 Å². The Kier molecular flexibility index (Phi) is 6.69. The highest BCUT2D eigenvalue weighted by Gasteiger charge is 2.39. The lowest BCUT2D eigenvalue weighted by Crippen LogP contribution is -2.52. The number of carbonyl (C=O) groups excluding carboxylic acids is 3. The molecule has 2 saturated carbocycles. The zero-order valence-corrected chi connectivity index (χ0v) is 19.7. The number of rotatable bonds is 5. The summed E-state index contributed by atoms with van der Waals surface area (Å²) in [7, 11) is 0. The molecular weight excluding hydrogens is 428 g/mol. The largest absolute Gasteiger partial charge is 0.322 e. The van der Waals surface area contributed by atoms with Crippen molar-refractivity contribution >= 4 is 17.7 Å². The SMILES string of the molecule is N#CC1CCC(N[C@H]2CCCC[C@@H]2Cc2ccc3c(c2)CN(C2CCC(=O)NC2=O)C3=O)CC1. The van der Waals surface area contributed by atoms with Gasteiger partial charge in [-0.1, -0.05) is 25.0 Å². The maximum Gasteiger partial charge on any atom is 0.255 e. The number of carbonyl (C=O) groups is 3. The summed E-state index contributed by atoms with van der Waals surface area (Å²) in [5, 5.41) is 15.5. The molecule has 2 aliphatic carbocycles. The van der Waals surface area contributed by atoms with Crippen LogP contribution in [0.25, 0.3) is 0 Å². The second-order valence-electron chi connectivity index (χ2n) is 10.6. The Morgan fingerprint density at radius 2 is 1.82 bits per heavy atom. The van der Waals surface area contributed by atoms with E-state index in [4.69, 9.17) is 0 Å². The number of imide groups is 1. The van der Waals surface area contributed by atoms with Crippen LogP contribution in [0.4, 0.5) is 0 Å². The Balaban J connectivity index is 1.23. The van der Waals surface area contributed by atoms with Crippen molar-refractivity contribution in [2.24, 2.45) is 11.8 Å². The molecule has 5 rings (SSSR count). The van der Waals surface area contributed by atoms with E-state index in [1.54, 1.807) is 4.90 Å². The first kappa shape index (κ1) is 23.0. The molecule has 2 aliphatic heterocycles. The molecule has 0 aromatic heterocycles. The lowest BCUT2D eigenvalue weighted by molar-refractivity contribution is -0.136. The average molecular weight is 463 g/mol. The van der Waals surface area contributed by atoms with Gasteiger partial charge in [-0.3, -0.25) is 19.7 Å². The average Bonchev–Trinajstić information content (AvgIpc) is 3.16. The molecule has 1 unspecified atom stereocenters. The van der Waals surface area contributed by atoms with Gasteiger partial charge >= 0.3 is 0 Å². The molecule has 7 heteroatoms. The van der Waals surface area contributed by atoms with Crippen LogP contribution in [0.2, 0.25) is 0 Å². The van der Waals surface area contributed by atoms with E-state index in [9.17, 15) is 19.6 Å². The molecule has 34 heavy (non-hydrogen) atoms. The molecule has 2 heterocycles. The van der Waals surface area contributed by atoms with Crippen molar-refractivity contribution in [3.8, 4) is 6.07 Å². The summed E-state index contributed by atoms with van der Waals surface area (Å²) in [6.07, 6.45) is 10.8. The maximum absolute atomic E-state index is 13.0. The van der Waals surface area contributed by atoms with Gasteiger partial charge in [-0.05, 0) is 74.5 Å². The minimum absolute atomic E-state index is 0.110. The Morgan fingerprint density at radius 1 is 1.03 bits per heavy atom. The van der Waals surface area contributed by atoms with Crippen LogP contribution in [-0.4, -0.2) is 40.7 Å². The molecule has 4 aliphatic rings. The van der Waals surface area contributed by atoms with Crippen molar-refractivity contribution < 1.29 is 14.4 Å². The quantitative estimate of drug-likeness (QED) is 0.654. The number of amides is 3. The fourth-order valence-electron chi connectivity index (χ4n) is 6.42. The number of hydrogen-bond donors (Lipinski definition) is 2. The van der Waals surface area contributed by atoms with Gasteiger partial charge in [0.25, 0.3) is 5.91 Å². The van der Waals surface area contributed by atoms with Gasteiger partial charge < -0.3 is 10.2 Å². The minimum Gasteiger partial charge on any atom is -0.322 e. The highest BCUT2D eigenvalue weighted by Crippen LogP contribution is 2.33. The Bertz CT molecular complexity index is 1010. The Hall–Kier alpha value is -2.72. The summed E-state index contributed by atoms with van der Waals surface area (Å²) >= 11 is 0. The molecule has 1 saturated heterocycles. The van der Waals surface area contributed by atoms with Crippen LogP contribution in [0.3, 0.4) is 0 Å². The summed E-state index contributed by atoms with van der Waals surface area (Å²) in [5.41, 5.74) is 2.92. The van der Waals surface area contributed by atoms with Crippen LogP contribution in [-0.2, 0) is 22.6 Å². The summed E-state index contributed by atoms with van der Waals surface area (Å²) in [6.45, 7) is 0.433. The van der Waals surface area contributed by atoms with Crippen molar-refractivity contribution in [1.29, 1.82) is 5.26 Å². The normalized spacial score (nSPS) is 31.7. The smallest absolute Gasteiger partial charge is 0.255 e. The molecular formula is C27H34N4O3. The van der Waals surface area contributed by atoms with Gasteiger partial charge in [0.05, 0.1) is 6.07 Å². The van der Waals surface area contributed by atoms with Gasteiger partial charge in [-0.25, -0.2) is 0 Å². The standard InChI is InChI=1S/C27H34N4O3/c28-15-17-5-8-21(9-6-17)29-23-4-2-1-3-19(23)13-18-7-10-22-20(14-18)16-31(27(22)34)24-11-12-25(32)30-26(24)33/h7,10,14,17,19,21,23-24,29H,1-6,8-9,11-13,16H2,(H,30,32,33)/t17?,19-,21?,23+,24?/m1/s1. The first-order valence-electron chi connectivity index (χ1n) is 12.9. The van der Waals surface area contributed by atoms with Gasteiger partial charge in [0.1, 0.15) is 6.04 Å². The number of hydrogen-bond acceptors (Lipinski definition) is 5. The summed E-state index contributed by atoms with van der Waals surface area (Å²) in [6, 6.07) is 9.05. The summed E-state index contributed by atoms with van der Waals surface area (Å²) < 4.78 is 0. The van der Waals surface area contributed by atoms with Crippen molar-refractivity contribution in [3.05, 3.63) is 34.9 Å². The molecule has 1 aromatic carbocycles. The minimum atomic E-state index is -0.566. The first-order chi connectivity index (χ1) is 16.5. The highest BCUT2D eigenvalue weighted by atomic mass is 16.2. The van der Waals surface area contributed by atoms with Crippen LogP contribution in [0.5, 0.6) is 0 Å².